The number of hydrogen-bond acceptors (Lipinski definition) is 2. The van der Waals surface area contributed by atoms with Crippen molar-refractivity contribution >= 4 is 11.6 Å². The Morgan fingerprint density at radius 2 is 2.27 bits per heavy atom. The number of primary amides is 1. The molecule has 0 heterocycles. The quantitative estimate of drug-likeness (QED) is 0.537. The van der Waals surface area contributed by atoms with E-state index in [0.717, 1.165) is 19.3 Å². The van der Waals surface area contributed by atoms with Crippen LogP contribution in [0.4, 0.5) is 0 Å². The SMILES string of the molecule is CC(CC(=N)C(N)=O)C1=CCCC=CC1. The number of carbonyl (C=O) groups excluding carboxylic acids is 1. The molecule has 1 unspecified atom stereocenters. The van der Waals surface area contributed by atoms with E-state index in [1.165, 1.54) is 5.57 Å². The molecule has 0 fully saturated rings. The van der Waals surface area contributed by atoms with E-state index in [0.29, 0.717) is 6.42 Å². The maximum Gasteiger partial charge on any atom is 0.262 e. The molecule has 0 spiro atoms. The lowest BCUT2D eigenvalue weighted by Crippen LogP contribution is -2.24. The molecule has 1 aliphatic carbocycles. The van der Waals surface area contributed by atoms with Crippen LogP contribution in [0.15, 0.2) is 23.8 Å². The van der Waals surface area contributed by atoms with Gasteiger partial charge in [0, 0.05) is 6.42 Å². The van der Waals surface area contributed by atoms with Gasteiger partial charge < -0.3 is 5.73 Å². The molecule has 0 radical (unpaired) electrons. The lowest BCUT2D eigenvalue weighted by atomic mass is 9.92. The Labute approximate surface area is 90.6 Å². The lowest BCUT2D eigenvalue weighted by Gasteiger charge is -2.13. The van der Waals surface area contributed by atoms with Crippen LogP contribution in [-0.4, -0.2) is 11.6 Å². The summed E-state index contributed by atoms with van der Waals surface area (Å²) in [5.41, 5.74) is 6.39. The number of rotatable bonds is 4. The molecule has 0 aliphatic heterocycles. The fraction of sp³-hybridized carbons (Fsp3) is 0.500. The largest absolute Gasteiger partial charge is 0.365 e. The van der Waals surface area contributed by atoms with E-state index in [1.807, 2.05) is 6.92 Å². The lowest BCUT2D eigenvalue weighted by molar-refractivity contribution is -0.112. The van der Waals surface area contributed by atoms with Crippen LogP contribution in [0.2, 0.25) is 0 Å². The highest BCUT2D eigenvalue weighted by Crippen LogP contribution is 2.22. The van der Waals surface area contributed by atoms with E-state index in [2.05, 4.69) is 18.2 Å². The minimum Gasteiger partial charge on any atom is -0.365 e. The summed E-state index contributed by atoms with van der Waals surface area (Å²) in [7, 11) is 0. The van der Waals surface area contributed by atoms with E-state index in [-0.39, 0.29) is 11.6 Å². The summed E-state index contributed by atoms with van der Waals surface area (Å²) in [6, 6.07) is 0. The number of hydrogen-bond donors (Lipinski definition) is 2. The van der Waals surface area contributed by atoms with Crippen LogP contribution < -0.4 is 5.73 Å². The van der Waals surface area contributed by atoms with Crippen molar-refractivity contribution in [2.75, 3.05) is 0 Å². The summed E-state index contributed by atoms with van der Waals surface area (Å²) in [4.78, 5) is 10.7. The van der Waals surface area contributed by atoms with Crippen LogP contribution in [-0.2, 0) is 4.79 Å². The number of nitrogens with one attached hydrogen (secondary N) is 1. The average molecular weight is 206 g/mol. The summed E-state index contributed by atoms with van der Waals surface area (Å²) in [5, 5.41) is 7.43. The van der Waals surface area contributed by atoms with E-state index >= 15 is 0 Å². The second-order valence-corrected chi connectivity index (χ2v) is 3.98. The van der Waals surface area contributed by atoms with Gasteiger partial charge in [0.1, 0.15) is 0 Å². The molecule has 3 heteroatoms. The van der Waals surface area contributed by atoms with Crippen LogP contribution in [0.1, 0.15) is 32.6 Å². The molecule has 1 rings (SSSR count). The Hall–Kier alpha value is -1.38. The third-order valence-corrected chi connectivity index (χ3v) is 2.70. The van der Waals surface area contributed by atoms with Gasteiger partial charge in [0.15, 0.2) is 0 Å². The predicted molar refractivity (Wildman–Crippen MR) is 61.8 cm³/mol. The van der Waals surface area contributed by atoms with Crippen molar-refractivity contribution in [3.8, 4) is 0 Å². The molecule has 0 aromatic rings. The third-order valence-electron chi connectivity index (χ3n) is 2.70. The van der Waals surface area contributed by atoms with Crippen molar-refractivity contribution in [2.45, 2.75) is 32.6 Å². The van der Waals surface area contributed by atoms with E-state index in [4.69, 9.17) is 11.1 Å². The second kappa shape index (κ2) is 5.49. The predicted octanol–water partition coefficient (Wildman–Crippen LogP) is 2.18. The summed E-state index contributed by atoms with van der Waals surface area (Å²) in [6.07, 6.45) is 10.1. The zero-order chi connectivity index (χ0) is 11.3. The molecule has 3 nitrogen and oxygen atoms in total. The van der Waals surface area contributed by atoms with E-state index in [9.17, 15) is 4.79 Å². The fourth-order valence-corrected chi connectivity index (χ4v) is 1.73. The molecular formula is C12H18N2O. The molecule has 0 saturated carbocycles. The Kier molecular flexibility index (Phi) is 4.28. The second-order valence-electron chi connectivity index (χ2n) is 3.98. The van der Waals surface area contributed by atoms with Crippen molar-refractivity contribution in [3.05, 3.63) is 23.8 Å². The van der Waals surface area contributed by atoms with Crippen LogP contribution >= 0.6 is 0 Å². The Morgan fingerprint density at radius 1 is 1.53 bits per heavy atom. The minimum absolute atomic E-state index is 0.0247. The molecule has 0 aromatic carbocycles. The Bertz CT molecular complexity index is 316. The number of carbonyl (C=O) groups is 1. The molecule has 3 N–H and O–H groups in total. The molecule has 15 heavy (non-hydrogen) atoms. The highest BCUT2D eigenvalue weighted by atomic mass is 16.1. The van der Waals surface area contributed by atoms with Crippen molar-refractivity contribution in [3.63, 3.8) is 0 Å². The maximum absolute atomic E-state index is 10.7. The standard InChI is InChI=1S/C12H18N2O/c1-9(8-11(13)12(14)15)10-6-4-2-3-5-7-10/h2,4,7,9,13H,3,5-6,8H2,1H3,(H2,14,15). The molecule has 0 aromatic heterocycles. The molecule has 0 bridgehead atoms. The zero-order valence-corrected chi connectivity index (χ0v) is 9.12. The average Bonchev–Trinajstić information content (AvgIpc) is 2.45. The molecule has 82 valence electrons. The number of amides is 1. The Morgan fingerprint density at radius 3 is 2.93 bits per heavy atom. The summed E-state index contributed by atoms with van der Waals surface area (Å²) >= 11 is 0. The minimum atomic E-state index is -0.605. The smallest absolute Gasteiger partial charge is 0.262 e. The zero-order valence-electron chi connectivity index (χ0n) is 9.12. The fourth-order valence-electron chi connectivity index (χ4n) is 1.73. The first-order valence-electron chi connectivity index (χ1n) is 5.32. The van der Waals surface area contributed by atoms with E-state index in [1.54, 1.807) is 0 Å². The van der Waals surface area contributed by atoms with E-state index < -0.39 is 5.91 Å². The van der Waals surface area contributed by atoms with Crippen LogP contribution in [0, 0.1) is 11.3 Å². The van der Waals surface area contributed by atoms with Crippen molar-refractivity contribution in [2.24, 2.45) is 11.7 Å². The monoisotopic (exact) mass is 206 g/mol. The number of nitrogens with two attached hydrogens (primary N) is 1. The molecule has 0 saturated heterocycles. The summed E-state index contributed by atoms with van der Waals surface area (Å²) < 4.78 is 0. The molecule has 1 atom stereocenters. The summed E-state index contributed by atoms with van der Waals surface area (Å²) in [5.74, 6) is -0.362. The van der Waals surface area contributed by atoms with Crippen molar-refractivity contribution in [1.29, 1.82) is 5.41 Å². The molecule has 1 aliphatic rings. The molecule has 1 amide bonds. The van der Waals surface area contributed by atoms with Gasteiger partial charge in [0.05, 0.1) is 5.71 Å². The highest BCUT2D eigenvalue weighted by Gasteiger charge is 2.14. The molecular weight excluding hydrogens is 188 g/mol. The van der Waals surface area contributed by atoms with Crippen LogP contribution in [0.5, 0.6) is 0 Å². The Balaban J connectivity index is 2.56. The van der Waals surface area contributed by atoms with Gasteiger partial charge in [-0.15, -0.1) is 0 Å². The normalized spacial score (nSPS) is 17.8. The van der Waals surface area contributed by atoms with Gasteiger partial charge >= 0.3 is 0 Å². The maximum atomic E-state index is 10.7. The van der Waals surface area contributed by atoms with Gasteiger partial charge in [-0.25, -0.2) is 0 Å². The van der Waals surface area contributed by atoms with Gasteiger partial charge in [0.25, 0.3) is 5.91 Å². The highest BCUT2D eigenvalue weighted by molar-refractivity contribution is 6.37. The first-order chi connectivity index (χ1) is 7.11. The van der Waals surface area contributed by atoms with Gasteiger partial charge in [0.2, 0.25) is 0 Å². The first kappa shape index (κ1) is 11.7. The van der Waals surface area contributed by atoms with Gasteiger partial charge in [-0.3, -0.25) is 10.2 Å². The van der Waals surface area contributed by atoms with Gasteiger partial charge in [-0.1, -0.05) is 30.7 Å². The topological polar surface area (TPSA) is 66.9 Å². The van der Waals surface area contributed by atoms with Crippen LogP contribution in [0.3, 0.4) is 0 Å². The van der Waals surface area contributed by atoms with Gasteiger partial charge in [-0.2, -0.15) is 0 Å². The van der Waals surface area contributed by atoms with Gasteiger partial charge in [-0.05, 0) is 25.2 Å². The third kappa shape index (κ3) is 3.70. The van der Waals surface area contributed by atoms with Crippen molar-refractivity contribution < 1.29 is 4.79 Å². The van der Waals surface area contributed by atoms with Crippen LogP contribution in [0.25, 0.3) is 0 Å². The summed E-state index contributed by atoms with van der Waals surface area (Å²) in [6.45, 7) is 2.04. The first-order valence-corrected chi connectivity index (χ1v) is 5.32. The van der Waals surface area contributed by atoms with Crippen molar-refractivity contribution in [1.82, 2.24) is 0 Å². The number of allylic oxidation sites excluding steroid dienone is 4.